The molecule has 1 fully saturated rings. The SMILES string of the molecule is C=C/C=C(\C=C(/CC)OC)NC(=O)C1CCCCC1. The molecule has 0 atom stereocenters. The number of nitrogens with one attached hydrogen (secondary N) is 1. The molecule has 19 heavy (non-hydrogen) atoms. The summed E-state index contributed by atoms with van der Waals surface area (Å²) in [5.41, 5.74) is 0.754. The van der Waals surface area contributed by atoms with E-state index >= 15 is 0 Å². The molecule has 0 bridgehead atoms. The zero-order chi connectivity index (χ0) is 14.1. The summed E-state index contributed by atoms with van der Waals surface area (Å²) in [5.74, 6) is 1.12. The van der Waals surface area contributed by atoms with Gasteiger partial charge in [-0.05, 0) is 25.0 Å². The third-order valence-electron chi connectivity index (χ3n) is 3.47. The smallest absolute Gasteiger partial charge is 0.227 e. The molecule has 0 aliphatic heterocycles. The van der Waals surface area contributed by atoms with Gasteiger partial charge in [0.05, 0.1) is 12.9 Å². The van der Waals surface area contributed by atoms with Gasteiger partial charge in [-0.2, -0.15) is 0 Å². The Labute approximate surface area is 116 Å². The normalized spacial score (nSPS) is 18.0. The largest absolute Gasteiger partial charge is 0.501 e. The Bertz CT molecular complexity index is 357. The molecule has 0 radical (unpaired) electrons. The van der Waals surface area contributed by atoms with Crippen LogP contribution in [-0.4, -0.2) is 13.0 Å². The third-order valence-corrected chi connectivity index (χ3v) is 3.47. The number of rotatable bonds is 6. The van der Waals surface area contributed by atoms with Crippen LogP contribution in [0.25, 0.3) is 0 Å². The van der Waals surface area contributed by atoms with E-state index < -0.39 is 0 Å². The van der Waals surface area contributed by atoms with Crippen molar-refractivity contribution >= 4 is 5.91 Å². The first kappa shape index (κ1) is 15.5. The van der Waals surface area contributed by atoms with Crippen LogP contribution in [0.1, 0.15) is 45.4 Å². The Morgan fingerprint density at radius 1 is 1.37 bits per heavy atom. The van der Waals surface area contributed by atoms with E-state index in [1.54, 1.807) is 19.3 Å². The lowest BCUT2D eigenvalue weighted by Gasteiger charge is -2.21. The third kappa shape index (κ3) is 5.33. The molecule has 1 N–H and O–H groups in total. The molecule has 3 nitrogen and oxygen atoms in total. The molecule has 0 saturated heterocycles. The molecule has 0 spiro atoms. The van der Waals surface area contributed by atoms with Gasteiger partial charge in [-0.15, -0.1) is 0 Å². The number of carbonyl (C=O) groups is 1. The lowest BCUT2D eigenvalue weighted by Crippen LogP contribution is -2.31. The fourth-order valence-corrected chi connectivity index (χ4v) is 2.34. The van der Waals surface area contributed by atoms with Crippen molar-refractivity contribution in [3.8, 4) is 0 Å². The Morgan fingerprint density at radius 2 is 2.05 bits per heavy atom. The summed E-state index contributed by atoms with van der Waals surface area (Å²) >= 11 is 0. The fraction of sp³-hybridized carbons (Fsp3) is 0.562. The van der Waals surface area contributed by atoms with E-state index in [-0.39, 0.29) is 11.8 Å². The van der Waals surface area contributed by atoms with Crippen LogP contribution in [0.4, 0.5) is 0 Å². The van der Waals surface area contributed by atoms with Crippen LogP contribution in [0.3, 0.4) is 0 Å². The van der Waals surface area contributed by atoms with Gasteiger partial charge < -0.3 is 10.1 Å². The van der Waals surface area contributed by atoms with E-state index in [1.807, 2.05) is 13.0 Å². The van der Waals surface area contributed by atoms with Crippen LogP contribution in [-0.2, 0) is 9.53 Å². The second-order valence-electron chi connectivity index (χ2n) is 4.85. The molecule has 0 aromatic rings. The monoisotopic (exact) mass is 263 g/mol. The number of carbonyl (C=O) groups excluding carboxylic acids is 1. The van der Waals surface area contributed by atoms with Gasteiger partial charge in [-0.25, -0.2) is 0 Å². The van der Waals surface area contributed by atoms with E-state index in [2.05, 4.69) is 11.9 Å². The fourth-order valence-electron chi connectivity index (χ4n) is 2.34. The summed E-state index contributed by atoms with van der Waals surface area (Å²) in [7, 11) is 1.64. The standard InChI is InChI=1S/C16H25NO2/c1-4-9-14(12-15(5-2)19-3)17-16(18)13-10-7-6-8-11-13/h4,9,12-13H,1,5-8,10-11H2,2-3H3,(H,17,18)/b14-9+,15-12+. The maximum atomic E-state index is 12.2. The predicted octanol–water partition coefficient (Wildman–Crippen LogP) is 3.69. The van der Waals surface area contributed by atoms with Crippen molar-refractivity contribution < 1.29 is 9.53 Å². The molecule has 1 amide bonds. The molecule has 3 heteroatoms. The lowest BCUT2D eigenvalue weighted by atomic mass is 9.88. The summed E-state index contributed by atoms with van der Waals surface area (Å²) in [6.45, 7) is 5.70. The second kappa shape index (κ2) is 8.57. The van der Waals surface area contributed by atoms with E-state index in [4.69, 9.17) is 4.74 Å². The highest BCUT2D eigenvalue weighted by Gasteiger charge is 2.21. The van der Waals surface area contributed by atoms with Crippen molar-refractivity contribution in [2.24, 2.45) is 5.92 Å². The van der Waals surface area contributed by atoms with Gasteiger partial charge in [0.2, 0.25) is 5.91 Å². The minimum atomic E-state index is 0.121. The average molecular weight is 263 g/mol. The van der Waals surface area contributed by atoms with E-state index in [0.29, 0.717) is 0 Å². The van der Waals surface area contributed by atoms with Crippen LogP contribution in [0.2, 0.25) is 0 Å². The van der Waals surface area contributed by atoms with Gasteiger partial charge in [0.25, 0.3) is 0 Å². The number of allylic oxidation sites excluding steroid dienone is 4. The van der Waals surface area contributed by atoms with Crippen LogP contribution >= 0.6 is 0 Å². The predicted molar refractivity (Wildman–Crippen MR) is 78.4 cm³/mol. The van der Waals surface area contributed by atoms with E-state index in [0.717, 1.165) is 43.6 Å². The molecular formula is C16H25NO2. The van der Waals surface area contributed by atoms with Crippen molar-refractivity contribution in [1.29, 1.82) is 0 Å². The van der Waals surface area contributed by atoms with E-state index in [1.165, 1.54) is 6.42 Å². The van der Waals surface area contributed by atoms with Crippen LogP contribution in [0.5, 0.6) is 0 Å². The zero-order valence-corrected chi connectivity index (χ0v) is 12.1. The van der Waals surface area contributed by atoms with Crippen molar-refractivity contribution in [1.82, 2.24) is 5.32 Å². The molecular weight excluding hydrogens is 238 g/mol. The van der Waals surface area contributed by atoms with Gasteiger partial charge in [-0.1, -0.05) is 38.8 Å². The number of methoxy groups -OCH3 is 1. The van der Waals surface area contributed by atoms with Gasteiger partial charge in [0.1, 0.15) is 0 Å². The Morgan fingerprint density at radius 3 is 2.58 bits per heavy atom. The topological polar surface area (TPSA) is 38.3 Å². The number of amides is 1. The first-order chi connectivity index (χ1) is 9.21. The molecule has 0 unspecified atom stereocenters. The number of hydrogen-bond donors (Lipinski definition) is 1. The summed E-state index contributed by atoms with van der Waals surface area (Å²) in [6.07, 6.45) is 11.7. The first-order valence-corrected chi connectivity index (χ1v) is 7.09. The Kier molecular flexibility index (Phi) is 7.01. The summed E-state index contributed by atoms with van der Waals surface area (Å²) in [6, 6.07) is 0. The second-order valence-corrected chi connectivity index (χ2v) is 4.85. The van der Waals surface area contributed by atoms with Gasteiger partial charge in [0.15, 0.2) is 0 Å². The number of ether oxygens (including phenoxy) is 1. The first-order valence-electron chi connectivity index (χ1n) is 7.09. The molecule has 0 aromatic heterocycles. The zero-order valence-electron chi connectivity index (χ0n) is 12.1. The van der Waals surface area contributed by atoms with Gasteiger partial charge in [-0.3, -0.25) is 4.79 Å². The van der Waals surface area contributed by atoms with Crippen LogP contribution < -0.4 is 5.32 Å². The van der Waals surface area contributed by atoms with Crippen molar-refractivity contribution in [3.05, 3.63) is 36.3 Å². The Balaban J connectivity index is 2.67. The number of hydrogen-bond acceptors (Lipinski definition) is 2. The molecule has 1 rings (SSSR count). The average Bonchev–Trinajstić information content (AvgIpc) is 2.45. The minimum absolute atomic E-state index is 0.121. The quantitative estimate of drug-likeness (QED) is 0.586. The Hall–Kier alpha value is -1.51. The molecule has 1 aliphatic rings. The van der Waals surface area contributed by atoms with E-state index in [9.17, 15) is 4.79 Å². The van der Waals surface area contributed by atoms with Gasteiger partial charge in [0, 0.05) is 18.0 Å². The minimum Gasteiger partial charge on any atom is -0.501 e. The summed E-state index contributed by atoms with van der Waals surface area (Å²) < 4.78 is 5.24. The summed E-state index contributed by atoms with van der Waals surface area (Å²) in [4.78, 5) is 12.2. The summed E-state index contributed by atoms with van der Waals surface area (Å²) in [5, 5.41) is 2.98. The van der Waals surface area contributed by atoms with Gasteiger partial charge >= 0.3 is 0 Å². The molecule has 0 heterocycles. The van der Waals surface area contributed by atoms with Crippen molar-refractivity contribution in [3.63, 3.8) is 0 Å². The highest BCUT2D eigenvalue weighted by Crippen LogP contribution is 2.24. The van der Waals surface area contributed by atoms with Crippen molar-refractivity contribution in [2.45, 2.75) is 45.4 Å². The molecule has 1 saturated carbocycles. The maximum absolute atomic E-state index is 12.2. The molecule has 1 aliphatic carbocycles. The lowest BCUT2D eigenvalue weighted by molar-refractivity contribution is -0.125. The molecule has 106 valence electrons. The van der Waals surface area contributed by atoms with Crippen LogP contribution in [0, 0.1) is 5.92 Å². The maximum Gasteiger partial charge on any atom is 0.227 e. The highest BCUT2D eigenvalue weighted by molar-refractivity contribution is 5.81. The van der Waals surface area contributed by atoms with Crippen LogP contribution in [0.15, 0.2) is 36.3 Å². The highest BCUT2D eigenvalue weighted by atomic mass is 16.5. The van der Waals surface area contributed by atoms with Crippen molar-refractivity contribution in [2.75, 3.05) is 7.11 Å². The molecule has 0 aromatic carbocycles.